The van der Waals surface area contributed by atoms with Crippen molar-refractivity contribution in [2.24, 2.45) is 5.92 Å². The second-order valence-corrected chi connectivity index (χ2v) is 20.4. The Kier molecular flexibility index (Phi) is 19.0. The van der Waals surface area contributed by atoms with E-state index in [9.17, 15) is 35.1 Å². The lowest BCUT2D eigenvalue weighted by atomic mass is 9.11. The third kappa shape index (κ3) is 10.6. The van der Waals surface area contributed by atoms with Crippen LogP contribution in [0.4, 0.5) is 129 Å². The Bertz CT molecular complexity index is 3920. The molecule has 9 aromatic carbocycles. The minimum atomic E-state index is -7.01. The van der Waals surface area contributed by atoms with Crippen molar-refractivity contribution in [3.8, 4) is 0 Å². The maximum absolute atomic E-state index is 17.3. The zero-order chi connectivity index (χ0) is 66.2. The molecule has 0 fully saturated rings. The third-order valence-electron chi connectivity index (χ3n) is 15.6. The summed E-state index contributed by atoms with van der Waals surface area (Å²) in [6.45, 7) is 7.47. The lowest BCUT2D eigenvalue weighted by Gasteiger charge is -2.47. The first kappa shape index (κ1) is 67.0. The van der Waals surface area contributed by atoms with Crippen LogP contribution in [0.5, 0.6) is 0 Å². The lowest BCUT2D eigenvalue weighted by molar-refractivity contribution is -0.835. The Morgan fingerprint density at radius 3 is 0.820 bits per heavy atom. The Hall–Kier alpha value is -7.92. The molecule has 0 bridgehead atoms. The molecule has 9 aromatic rings. The van der Waals surface area contributed by atoms with Crippen molar-refractivity contribution in [3.63, 3.8) is 0 Å². The monoisotopic (exact) mass is 1300 g/mol. The van der Waals surface area contributed by atoms with Gasteiger partial charge in [-0.05, 0) is 64.6 Å². The highest BCUT2D eigenvalue weighted by Gasteiger charge is 2.50. The first-order valence-corrected chi connectivity index (χ1v) is 26.1. The van der Waals surface area contributed by atoms with Crippen LogP contribution in [0.3, 0.4) is 0 Å². The molecular formula is C59H34BF28N. The quantitative estimate of drug-likeness (QED) is 0.0452. The maximum Gasteiger partial charge on any atom is 0.222 e. The van der Waals surface area contributed by atoms with E-state index in [0.29, 0.717) is 23.9 Å². The number of halogens is 28. The van der Waals surface area contributed by atoms with Crippen molar-refractivity contribution < 1.29 is 128 Å². The summed E-state index contributed by atoms with van der Waals surface area (Å²) in [7, 11) is 0. The number of quaternary nitrogens is 1. The summed E-state index contributed by atoms with van der Waals surface area (Å²) in [6.07, 6.45) is 0.0186. The molecule has 2 atom stereocenters. The van der Waals surface area contributed by atoms with E-state index in [2.05, 4.69) is 13.8 Å². The van der Waals surface area contributed by atoms with E-state index < -0.39 is 258 Å². The summed E-state index contributed by atoms with van der Waals surface area (Å²) in [5, 5.41) is -20.5. The molecule has 1 nitrogen and oxygen atoms in total. The van der Waals surface area contributed by atoms with Crippen molar-refractivity contribution >= 4 is 76.8 Å². The van der Waals surface area contributed by atoms with Crippen LogP contribution in [0.15, 0.2) is 30.3 Å². The van der Waals surface area contributed by atoms with Crippen molar-refractivity contribution in [1.29, 1.82) is 0 Å². The van der Waals surface area contributed by atoms with Crippen molar-refractivity contribution in [3.05, 3.63) is 193 Å². The molecule has 0 aliphatic rings. The smallest absolute Gasteiger partial charge is 0.222 e. The van der Waals surface area contributed by atoms with Gasteiger partial charge < -0.3 is 0 Å². The fourth-order valence-electron chi connectivity index (χ4n) is 11.5. The van der Waals surface area contributed by atoms with E-state index in [1.165, 1.54) is 0 Å². The topological polar surface area (TPSA) is 4.44 Å². The maximum atomic E-state index is 17.3. The van der Waals surface area contributed by atoms with Crippen molar-refractivity contribution in [1.82, 2.24) is 0 Å². The standard InChI is InChI=1S/C40H4BF24.C19H29F4N/c42-9-1-5-13(25(50)21(9)46)29(54)37(62)33(58)17(5)41(18-6-2-10(43)22(47)26(51)14(6)30(55)38(63)34(18)59,19-7-3-11(44)23(48)27(52)15(7)31(56)39(64)35(19)60)20-8-4-12(45)24(49)28(53)16(8)32(57)40(65)36(20)61;1-4-7-9-14(6-3)10-12-24(11-8-5-2)16-13-15(20)17(21)19(23)18(16)22/h1-4H;13-14H,4-12H2,1-3H3/q-1;/p+1. The van der Waals surface area contributed by atoms with Crippen molar-refractivity contribution in [2.75, 3.05) is 13.1 Å². The highest BCUT2D eigenvalue weighted by Crippen LogP contribution is 2.40. The van der Waals surface area contributed by atoms with Gasteiger partial charge >= 0.3 is 0 Å². The molecule has 0 amide bonds. The number of hydrogen-bond donors (Lipinski definition) is 1. The molecule has 0 saturated heterocycles. The molecule has 2 unspecified atom stereocenters. The highest BCUT2D eigenvalue weighted by atomic mass is 19.2. The van der Waals surface area contributed by atoms with E-state index in [4.69, 9.17) is 0 Å². The molecule has 0 saturated carbocycles. The van der Waals surface area contributed by atoms with Gasteiger partial charge in [0.1, 0.15) is 29.4 Å². The van der Waals surface area contributed by atoms with Crippen LogP contribution in [0, 0.1) is 169 Å². The van der Waals surface area contributed by atoms with Crippen LogP contribution in [0.2, 0.25) is 0 Å². The Morgan fingerprint density at radius 1 is 0.281 bits per heavy atom. The van der Waals surface area contributed by atoms with Crippen molar-refractivity contribution in [2.45, 2.75) is 65.7 Å². The number of fused-ring (bicyclic) bond motifs is 4. The van der Waals surface area contributed by atoms with Crippen LogP contribution < -0.4 is 26.8 Å². The summed E-state index contributed by atoms with van der Waals surface area (Å²) < 4.78 is 434. The number of unbranched alkanes of at least 4 members (excludes halogenated alkanes) is 2. The Labute approximate surface area is 481 Å². The molecular weight excluding hydrogens is 1270 g/mol. The van der Waals surface area contributed by atoms with Gasteiger partial charge in [-0.1, -0.05) is 52.9 Å². The molecule has 0 heterocycles. The Morgan fingerprint density at radius 2 is 0.539 bits per heavy atom. The Balaban J connectivity index is 0.000000359. The number of benzene rings is 9. The number of rotatable bonds is 15. The van der Waals surface area contributed by atoms with E-state index in [1.807, 2.05) is 6.92 Å². The summed E-state index contributed by atoms with van der Waals surface area (Å²) in [5.74, 6) is -81.3. The largest absolute Gasteiger partial charge is 0.300 e. The molecule has 30 heteroatoms. The molecule has 89 heavy (non-hydrogen) atoms. The second kappa shape index (κ2) is 25.2. The fourth-order valence-corrected chi connectivity index (χ4v) is 11.5. The minimum absolute atomic E-state index is 0.0924. The van der Waals surface area contributed by atoms with Crippen LogP contribution in [-0.4, -0.2) is 19.2 Å². The number of hydrogen-bond acceptors (Lipinski definition) is 0. The van der Waals surface area contributed by atoms with Gasteiger partial charge in [0, 0.05) is 6.07 Å². The molecule has 0 radical (unpaired) electrons. The molecule has 0 aliphatic carbocycles. The molecule has 474 valence electrons. The van der Waals surface area contributed by atoms with Gasteiger partial charge in [0.15, 0.2) is 134 Å². The van der Waals surface area contributed by atoms with Crippen LogP contribution in [-0.2, 0) is 0 Å². The molecule has 9 rings (SSSR count). The first-order chi connectivity index (χ1) is 41.7. The van der Waals surface area contributed by atoms with Gasteiger partial charge in [-0.3, -0.25) is 4.90 Å². The minimum Gasteiger partial charge on any atom is -0.300 e. The predicted octanol–water partition coefficient (Wildman–Crippen LogP) is 16.2. The van der Waals surface area contributed by atoms with E-state index in [-0.39, 0.29) is 5.69 Å². The predicted molar refractivity (Wildman–Crippen MR) is 269 cm³/mol. The summed E-state index contributed by atoms with van der Waals surface area (Å²) in [6, 6.07) is -2.44. The highest BCUT2D eigenvalue weighted by molar-refractivity contribution is 7.23. The van der Waals surface area contributed by atoms with Gasteiger partial charge in [0.25, 0.3) is 0 Å². The average molecular weight is 1300 g/mol. The van der Waals surface area contributed by atoms with Crippen LogP contribution in [0.25, 0.3) is 43.1 Å². The summed E-state index contributed by atoms with van der Waals surface area (Å²) in [5.41, 5.74) is -12.2. The SMILES string of the molecule is CCCCC(CC)CC[NH+](CCCC)c1cc(F)c(F)c(F)c1F.Fc1cc2c([B-](c3c(F)c(F)c(F)c4c(F)c(F)c(F)cc34)(c3c(F)c(F)c(F)c4c(F)c(F)c(F)cc34)c3c(F)c(F)c(F)c4c(F)c(F)c(F)cc34)c(F)c(F)c(F)c2c(F)c1F. The van der Waals surface area contributed by atoms with Gasteiger partial charge in [-0.2, -0.15) is 4.39 Å². The normalized spacial score (nSPS) is 12.8. The van der Waals surface area contributed by atoms with Crippen LogP contribution in [0.1, 0.15) is 65.7 Å². The average Bonchev–Trinajstić information content (AvgIpc) is 0.670. The molecule has 0 spiro atoms. The van der Waals surface area contributed by atoms with Gasteiger partial charge in [0.05, 0.1) is 34.6 Å². The lowest BCUT2D eigenvalue weighted by Crippen LogP contribution is -3.07. The van der Waals surface area contributed by atoms with E-state index in [1.54, 1.807) is 0 Å². The van der Waals surface area contributed by atoms with E-state index in [0.717, 1.165) is 51.0 Å². The third-order valence-corrected chi connectivity index (χ3v) is 15.6. The van der Waals surface area contributed by atoms with E-state index >= 15 is 87.8 Å². The molecule has 1 N–H and O–H groups in total. The molecule has 0 aliphatic heterocycles. The zero-order valence-electron chi connectivity index (χ0n) is 45.0. The second-order valence-electron chi connectivity index (χ2n) is 20.4. The fraction of sp³-hybridized carbons (Fsp3) is 0.220. The van der Waals surface area contributed by atoms with Gasteiger partial charge in [-0.15, -0.1) is 21.9 Å². The summed E-state index contributed by atoms with van der Waals surface area (Å²) in [4.78, 5) is 0.696. The number of nitrogens with one attached hydrogen (secondary N) is 1. The van der Waals surface area contributed by atoms with Crippen LogP contribution >= 0.6 is 0 Å². The molecule has 0 aromatic heterocycles. The van der Waals surface area contributed by atoms with Gasteiger partial charge in [0.2, 0.25) is 11.6 Å². The summed E-state index contributed by atoms with van der Waals surface area (Å²) >= 11 is 0. The van der Waals surface area contributed by atoms with Gasteiger partial charge in [-0.25, -0.2) is 119 Å². The first-order valence-electron chi connectivity index (χ1n) is 26.1. The zero-order valence-corrected chi connectivity index (χ0v) is 45.0.